The molecule has 0 bridgehead atoms. The highest BCUT2D eigenvalue weighted by atomic mass is 32.2. The fraction of sp³-hybridized carbons (Fsp3) is 0.348. The van der Waals surface area contributed by atoms with E-state index in [2.05, 4.69) is 15.6 Å². The number of aryl methyl sites for hydroxylation is 1. The van der Waals surface area contributed by atoms with Gasteiger partial charge in [-0.2, -0.15) is 0 Å². The van der Waals surface area contributed by atoms with E-state index in [1.54, 1.807) is 0 Å². The third-order valence-corrected chi connectivity index (χ3v) is 7.17. The largest absolute Gasteiger partial charge is 0.376 e. The molecule has 1 saturated heterocycles. The van der Waals surface area contributed by atoms with Crippen molar-refractivity contribution in [3.05, 3.63) is 54.1 Å². The van der Waals surface area contributed by atoms with Gasteiger partial charge in [0.2, 0.25) is 11.8 Å². The SMILES string of the molecule is O=C(CSc1nc2ccc(NC(=O)CCc3ccccc3)cc2s1)NCC1CCCO1. The normalized spacial score (nSPS) is 15.8. The van der Waals surface area contributed by atoms with Crippen molar-refractivity contribution in [3.63, 3.8) is 0 Å². The number of fused-ring (bicyclic) bond motifs is 1. The van der Waals surface area contributed by atoms with Crippen molar-refractivity contribution in [2.45, 2.75) is 36.1 Å². The van der Waals surface area contributed by atoms with Crippen LogP contribution < -0.4 is 10.6 Å². The number of carbonyl (C=O) groups excluding carboxylic acids is 2. The van der Waals surface area contributed by atoms with Crippen molar-refractivity contribution in [2.24, 2.45) is 0 Å². The number of anilines is 1. The molecule has 2 heterocycles. The van der Waals surface area contributed by atoms with Crippen molar-refractivity contribution in [1.29, 1.82) is 0 Å². The molecule has 3 aromatic rings. The smallest absolute Gasteiger partial charge is 0.230 e. The molecule has 1 unspecified atom stereocenters. The molecule has 0 aliphatic carbocycles. The lowest BCUT2D eigenvalue weighted by Crippen LogP contribution is -2.32. The van der Waals surface area contributed by atoms with Crippen LogP contribution >= 0.6 is 23.1 Å². The highest BCUT2D eigenvalue weighted by molar-refractivity contribution is 8.01. The summed E-state index contributed by atoms with van der Waals surface area (Å²) in [5, 5.41) is 5.89. The second-order valence-electron chi connectivity index (χ2n) is 7.42. The molecule has 0 saturated carbocycles. The van der Waals surface area contributed by atoms with Crippen LogP contribution in [-0.2, 0) is 20.7 Å². The first-order chi connectivity index (χ1) is 15.2. The van der Waals surface area contributed by atoms with Crippen molar-refractivity contribution < 1.29 is 14.3 Å². The summed E-state index contributed by atoms with van der Waals surface area (Å²) >= 11 is 2.96. The molecule has 0 spiro atoms. The zero-order valence-corrected chi connectivity index (χ0v) is 18.8. The van der Waals surface area contributed by atoms with Gasteiger partial charge in [-0.1, -0.05) is 42.1 Å². The average molecular weight is 456 g/mol. The van der Waals surface area contributed by atoms with Crippen molar-refractivity contribution in [1.82, 2.24) is 10.3 Å². The monoisotopic (exact) mass is 455 g/mol. The highest BCUT2D eigenvalue weighted by Gasteiger charge is 2.16. The van der Waals surface area contributed by atoms with Crippen LogP contribution in [-0.4, -0.2) is 41.8 Å². The van der Waals surface area contributed by atoms with Gasteiger partial charge >= 0.3 is 0 Å². The number of aromatic nitrogens is 1. The van der Waals surface area contributed by atoms with E-state index >= 15 is 0 Å². The Morgan fingerprint density at radius 1 is 1.16 bits per heavy atom. The van der Waals surface area contributed by atoms with Gasteiger partial charge in [0, 0.05) is 25.3 Å². The maximum Gasteiger partial charge on any atom is 0.230 e. The molecule has 1 atom stereocenters. The highest BCUT2D eigenvalue weighted by Crippen LogP contribution is 2.31. The first kappa shape index (κ1) is 21.8. The van der Waals surface area contributed by atoms with E-state index in [4.69, 9.17) is 4.74 Å². The van der Waals surface area contributed by atoms with E-state index in [9.17, 15) is 9.59 Å². The van der Waals surface area contributed by atoms with E-state index in [-0.39, 0.29) is 17.9 Å². The molecule has 6 nitrogen and oxygen atoms in total. The summed E-state index contributed by atoms with van der Waals surface area (Å²) in [5.74, 6) is 0.312. The minimum Gasteiger partial charge on any atom is -0.376 e. The molecular weight excluding hydrogens is 430 g/mol. The van der Waals surface area contributed by atoms with Crippen LogP contribution in [0.5, 0.6) is 0 Å². The number of nitrogens with zero attached hydrogens (tertiary/aromatic N) is 1. The van der Waals surface area contributed by atoms with Crippen LogP contribution in [0.1, 0.15) is 24.8 Å². The second kappa shape index (κ2) is 10.7. The van der Waals surface area contributed by atoms with E-state index in [0.29, 0.717) is 25.1 Å². The predicted molar refractivity (Wildman–Crippen MR) is 126 cm³/mol. The zero-order valence-electron chi connectivity index (χ0n) is 17.1. The van der Waals surface area contributed by atoms with Gasteiger partial charge in [0.05, 0.1) is 22.1 Å². The summed E-state index contributed by atoms with van der Waals surface area (Å²) in [4.78, 5) is 28.9. The molecule has 2 amide bonds. The number of hydrogen-bond donors (Lipinski definition) is 2. The predicted octanol–water partition coefficient (Wildman–Crippen LogP) is 4.25. The lowest BCUT2D eigenvalue weighted by atomic mass is 10.1. The Hall–Kier alpha value is -2.42. The van der Waals surface area contributed by atoms with Crippen LogP contribution in [0, 0.1) is 0 Å². The molecule has 2 N–H and O–H groups in total. The molecule has 2 aromatic carbocycles. The van der Waals surface area contributed by atoms with E-state index in [0.717, 1.165) is 45.3 Å². The fourth-order valence-corrected chi connectivity index (χ4v) is 5.32. The molecular formula is C23H25N3O3S2. The van der Waals surface area contributed by atoms with Crippen LogP contribution in [0.25, 0.3) is 10.2 Å². The second-order valence-corrected chi connectivity index (χ2v) is 9.68. The van der Waals surface area contributed by atoms with Gasteiger partial charge in [-0.25, -0.2) is 4.98 Å². The van der Waals surface area contributed by atoms with Gasteiger partial charge in [0.25, 0.3) is 0 Å². The van der Waals surface area contributed by atoms with Crippen LogP contribution in [0.4, 0.5) is 5.69 Å². The number of thiazole rings is 1. The summed E-state index contributed by atoms with van der Waals surface area (Å²) in [7, 11) is 0. The van der Waals surface area contributed by atoms with Crippen LogP contribution in [0.15, 0.2) is 52.9 Å². The quantitative estimate of drug-likeness (QED) is 0.472. The molecule has 8 heteroatoms. The Morgan fingerprint density at radius 3 is 2.84 bits per heavy atom. The number of benzene rings is 2. The Balaban J connectivity index is 1.26. The van der Waals surface area contributed by atoms with Gasteiger partial charge in [-0.15, -0.1) is 11.3 Å². The number of hydrogen-bond acceptors (Lipinski definition) is 6. The number of ether oxygens (including phenoxy) is 1. The maximum atomic E-state index is 12.3. The Bertz CT molecular complexity index is 1030. The van der Waals surface area contributed by atoms with Crippen LogP contribution in [0.2, 0.25) is 0 Å². The molecule has 4 rings (SSSR count). The number of rotatable bonds is 9. The lowest BCUT2D eigenvalue weighted by Gasteiger charge is -2.09. The number of carbonyl (C=O) groups is 2. The first-order valence-corrected chi connectivity index (χ1v) is 12.2. The van der Waals surface area contributed by atoms with Crippen LogP contribution in [0.3, 0.4) is 0 Å². The summed E-state index contributed by atoms with van der Waals surface area (Å²) < 4.78 is 7.35. The van der Waals surface area contributed by atoms with Gasteiger partial charge in [0.15, 0.2) is 4.34 Å². The molecule has 162 valence electrons. The third-order valence-electron chi connectivity index (χ3n) is 5.01. The summed E-state index contributed by atoms with van der Waals surface area (Å²) in [6, 6.07) is 15.7. The van der Waals surface area contributed by atoms with Gasteiger partial charge < -0.3 is 15.4 Å². The molecule has 31 heavy (non-hydrogen) atoms. The molecule has 1 aliphatic heterocycles. The number of nitrogens with one attached hydrogen (secondary N) is 2. The average Bonchev–Trinajstić information content (AvgIpc) is 3.45. The molecule has 0 radical (unpaired) electrons. The standard InChI is InChI=1S/C23H25N3O3S2/c27-21(11-8-16-5-2-1-3-6-16)25-17-9-10-19-20(13-17)31-23(26-19)30-15-22(28)24-14-18-7-4-12-29-18/h1-3,5-6,9-10,13,18H,4,7-8,11-12,14-15H2,(H,24,28)(H,25,27). The Kier molecular flexibility index (Phi) is 7.56. The minimum atomic E-state index is -0.00905. The van der Waals surface area contributed by atoms with Crippen molar-refractivity contribution in [2.75, 3.05) is 24.2 Å². The van der Waals surface area contributed by atoms with Gasteiger partial charge in [-0.05, 0) is 43.0 Å². The fourth-order valence-electron chi connectivity index (χ4n) is 3.38. The summed E-state index contributed by atoms with van der Waals surface area (Å²) in [6.45, 7) is 1.36. The molecule has 1 aromatic heterocycles. The number of thioether (sulfide) groups is 1. The summed E-state index contributed by atoms with van der Waals surface area (Å²) in [5.41, 5.74) is 2.78. The van der Waals surface area contributed by atoms with Crippen molar-refractivity contribution in [3.8, 4) is 0 Å². The topological polar surface area (TPSA) is 80.3 Å². The van der Waals surface area contributed by atoms with Crippen molar-refractivity contribution >= 4 is 50.8 Å². The van der Waals surface area contributed by atoms with E-state index < -0.39 is 0 Å². The first-order valence-electron chi connectivity index (χ1n) is 10.4. The van der Waals surface area contributed by atoms with Gasteiger partial charge in [-0.3, -0.25) is 9.59 Å². The minimum absolute atomic E-state index is 0.00822. The van der Waals surface area contributed by atoms with E-state index in [1.807, 2.05) is 48.5 Å². The summed E-state index contributed by atoms with van der Waals surface area (Å²) in [6.07, 6.45) is 3.38. The zero-order chi connectivity index (χ0) is 21.5. The van der Waals surface area contributed by atoms with E-state index in [1.165, 1.54) is 23.1 Å². The Labute approximate surface area is 189 Å². The Morgan fingerprint density at radius 2 is 2.03 bits per heavy atom. The third kappa shape index (κ3) is 6.53. The molecule has 1 fully saturated rings. The maximum absolute atomic E-state index is 12.3. The van der Waals surface area contributed by atoms with Gasteiger partial charge in [0.1, 0.15) is 0 Å². The lowest BCUT2D eigenvalue weighted by molar-refractivity contribution is -0.119. The molecule has 1 aliphatic rings. The number of amides is 2.